The molecule has 0 aliphatic rings. The number of nitrogens with one attached hydrogen (secondary N) is 3. The number of hydrogen-bond donors (Lipinski definition) is 4. The number of nitrogen functional groups attached to an aromatic ring is 1. The third-order valence-corrected chi connectivity index (χ3v) is 13.1. The van der Waals surface area contributed by atoms with E-state index in [9.17, 15) is 5.26 Å². The normalized spacial score (nSPS) is 11.3. The first-order valence-corrected chi connectivity index (χ1v) is 23.5. The molecule has 11 aromatic rings. The summed E-state index contributed by atoms with van der Waals surface area (Å²) in [7, 11) is 0. The molecule has 11 rings (SSSR count). The van der Waals surface area contributed by atoms with Gasteiger partial charge in [-0.2, -0.15) is 5.26 Å². The van der Waals surface area contributed by atoms with Crippen LogP contribution in [0, 0.1) is 11.3 Å². The van der Waals surface area contributed by atoms with E-state index in [-0.39, 0.29) is 0 Å². The van der Waals surface area contributed by atoms with Gasteiger partial charge in [0.15, 0.2) is 0 Å². The Morgan fingerprint density at radius 2 is 0.943 bits per heavy atom. The molecule has 0 aliphatic carbocycles. The van der Waals surface area contributed by atoms with Crippen molar-refractivity contribution in [1.29, 1.82) is 5.26 Å². The smallest absolute Gasteiger partial charge is 0.282 e. The molecule has 11 aromatic carbocycles. The van der Waals surface area contributed by atoms with Gasteiger partial charge < -0.3 is 11.1 Å². The fourth-order valence-corrected chi connectivity index (χ4v) is 9.47. The lowest BCUT2D eigenvalue weighted by Gasteiger charge is -2.17. The number of nitrogens with two attached hydrogens (primary N) is 1. The van der Waals surface area contributed by atoms with Crippen molar-refractivity contribution in [2.24, 2.45) is 0 Å². The van der Waals surface area contributed by atoms with Gasteiger partial charge in [0.1, 0.15) is 12.2 Å². The number of benzene rings is 11. The monoisotopic (exact) mass is 898 g/mol. The number of nitrogens with zero attached hydrogens (tertiary/aromatic N) is 1. The fourth-order valence-electron chi connectivity index (χ4n) is 9.47. The van der Waals surface area contributed by atoms with Crippen LogP contribution in [0.2, 0.25) is 0 Å². The third-order valence-electron chi connectivity index (χ3n) is 13.1. The molecule has 0 saturated carbocycles. The van der Waals surface area contributed by atoms with Crippen LogP contribution in [0.3, 0.4) is 0 Å². The maximum atomic E-state index is 9.95. The topological polar surface area (TPSA) is 87.8 Å². The lowest BCUT2D eigenvalue weighted by molar-refractivity contribution is -0.474. The molecule has 70 heavy (non-hydrogen) atoms. The van der Waals surface area contributed by atoms with Crippen LogP contribution >= 0.6 is 0 Å². The lowest BCUT2D eigenvalue weighted by atomic mass is 9.92. The summed E-state index contributed by atoms with van der Waals surface area (Å²) in [6.07, 6.45) is 0. The number of nitriles is 1. The van der Waals surface area contributed by atoms with Gasteiger partial charge in [-0.1, -0.05) is 188 Å². The van der Waals surface area contributed by atoms with Crippen LogP contribution in [0.4, 0.5) is 22.7 Å². The molecule has 0 radical (unpaired) electrons. The van der Waals surface area contributed by atoms with E-state index in [0.29, 0.717) is 17.8 Å². The number of anilines is 4. The number of amidine groups is 1. The summed E-state index contributed by atoms with van der Waals surface area (Å²) in [5, 5.41) is 21.6. The van der Waals surface area contributed by atoms with Gasteiger partial charge in [0.2, 0.25) is 0 Å². The van der Waals surface area contributed by atoms with Crippen LogP contribution in [0.5, 0.6) is 0 Å². The summed E-state index contributed by atoms with van der Waals surface area (Å²) < 4.78 is 0. The molecule has 0 saturated heterocycles. The van der Waals surface area contributed by atoms with Crippen molar-refractivity contribution in [3.63, 3.8) is 0 Å². The van der Waals surface area contributed by atoms with Crippen molar-refractivity contribution >= 4 is 50.1 Å². The number of para-hydroxylation sites is 1. The van der Waals surface area contributed by atoms with E-state index < -0.39 is 0 Å². The molecule has 0 amide bonds. The minimum absolute atomic E-state index is 0.483. The van der Waals surface area contributed by atoms with Gasteiger partial charge in [-0.25, -0.2) is 5.32 Å². The van der Waals surface area contributed by atoms with Crippen molar-refractivity contribution in [2.45, 2.75) is 6.54 Å². The average Bonchev–Trinajstić information content (AvgIpc) is 3.43. The first kappa shape index (κ1) is 43.1. The first-order chi connectivity index (χ1) is 34.6. The molecule has 5 nitrogen and oxygen atoms in total. The standard InChI is InChI=1S/C65H47N5/c66-42-53-30-31-54(57-28-13-12-27-56(53)57)43-68-65(59-35-32-46-20-10-11-29-58(46)64(59)67)70-63-37-34-50(41-61(63)51-23-14-21-47(38-51)44-16-4-1-5-17-44)48-22-15-24-52(39-48)60-40-49(45-18-6-2-7-19-45)33-36-62(60)69-55-25-8-3-9-26-55/h1-41,69H,43,67H2,(H,68,70)/p+1. The van der Waals surface area contributed by atoms with E-state index in [4.69, 9.17) is 5.73 Å². The molecule has 0 unspecified atom stereocenters. The quantitative estimate of drug-likeness (QED) is 0.0592. The second kappa shape index (κ2) is 19.4. The van der Waals surface area contributed by atoms with Gasteiger partial charge in [0.25, 0.3) is 5.84 Å². The fraction of sp³-hybridized carbons (Fsp3) is 0.0154. The van der Waals surface area contributed by atoms with Crippen molar-refractivity contribution < 1.29 is 4.99 Å². The van der Waals surface area contributed by atoms with Crippen molar-refractivity contribution in [2.75, 3.05) is 16.4 Å². The molecule has 5 heteroatoms. The predicted octanol–water partition coefficient (Wildman–Crippen LogP) is 14.7. The molecule has 5 N–H and O–H groups in total. The predicted molar refractivity (Wildman–Crippen MR) is 293 cm³/mol. The molecule has 0 fully saturated rings. The van der Waals surface area contributed by atoms with Gasteiger partial charge in [0.05, 0.1) is 22.9 Å². The Morgan fingerprint density at radius 1 is 0.429 bits per heavy atom. The van der Waals surface area contributed by atoms with Gasteiger partial charge in [-0.15, -0.1) is 0 Å². The zero-order chi connectivity index (χ0) is 47.2. The van der Waals surface area contributed by atoms with E-state index in [1.54, 1.807) is 0 Å². The number of fused-ring (bicyclic) bond motifs is 2. The zero-order valence-electron chi connectivity index (χ0n) is 38.4. The van der Waals surface area contributed by atoms with Crippen LogP contribution in [0.15, 0.2) is 249 Å². The largest absolute Gasteiger partial charge is 0.397 e. The summed E-state index contributed by atoms with van der Waals surface area (Å²) >= 11 is 0. The van der Waals surface area contributed by atoms with Crippen LogP contribution in [-0.2, 0) is 6.54 Å². The highest BCUT2D eigenvalue weighted by molar-refractivity contribution is 6.14. The zero-order valence-corrected chi connectivity index (χ0v) is 38.4. The van der Waals surface area contributed by atoms with Gasteiger partial charge in [0, 0.05) is 33.5 Å². The summed E-state index contributed by atoms with van der Waals surface area (Å²) in [4.78, 5) is 3.80. The van der Waals surface area contributed by atoms with Crippen molar-refractivity contribution in [1.82, 2.24) is 0 Å². The van der Waals surface area contributed by atoms with Crippen LogP contribution in [0.25, 0.3) is 77.2 Å². The molecule has 0 spiro atoms. The Balaban J connectivity index is 1.05. The molecular weight excluding hydrogens is 851 g/mol. The lowest BCUT2D eigenvalue weighted by Crippen LogP contribution is -2.73. The number of hydrogen-bond acceptors (Lipinski definition) is 3. The molecule has 0 aromatic heterocycles. The third kappa shape index (κ3) is 8.89. The van der Waals surface area contributed by atoms with Crippen LogP contribution < -0.4 is 21.4 Å². The Hall–Kier alpha value is -9.50. The van der Waals surface area contributed by atoms with E-state index in [1.165, 1.54) is 0 Å². The van der Waals surface area contributed by atoms with Gasteiger partial charge in [-0.05, 0) is 121 Å². The Kier molecular flexibility index (Phi) is 11.9. The minimum atomic E-state index is 0.483. The van der Waals surface area contributed by atoms with Crippen molar-refractivity contribution in [3.8, 4) is 61.7 Å². The number of rotatable bonds is 11. The maximum Gasteiger partial charge on any atom is 0.282 e. The second-order valence-electron chi connectivity index (χ2n) is 17.4. The second-order valence-corrected chi connectivity index (χ2v) is 17.4. The van der Waals surface area contributed by atoms with Crippen LogP contribution in [0.1, 0.15) is 16.7 Å². The SMILES string of the molecule is N#Cc1ccc(C[NH+]=C(Nc2ccc(-c3cccc(-c4cc(-c5ccccc5)ccc4Nc4ccccc4)c3)cc2-c2cccc(-c3ccccc3)c2)c2ccc3ccccc3c2N)c2ccccc12. The Labute approximate surface area is 408 Å². The summed E-state index contributed by atoms with van der Waals surface area (Å²) in [6, 6.07) is 89.2. The van der Waals surface area contributed by atoms with Crippen molar-refractivity contribution in [3.05, 3.63) is 265 Å². The van der Waals surface area contributed by atoms with E-state index in [2.05, 4.69) is 222 Å². The first-order valence-electron chi connectivity index (χ1n) is 23.5. The summed E-state index contributed by atoms with van der Waals surface area (Å²) in [5.74, 6) is 0.767. The average molecular weight is 899 g/mol. The molecule has 332 valence electrons. The highest BCUT2D eigenvalue weighted by Gasteiger charge is 2.21. The van der Waals surface area contributed by atoms with Crippen LogP contribution in [-0.4, -0.2) is 5.84 Å². The van der Waals surface area contributed by atoms with E-state index in [0.717, 1.165) is 111 Å². The summed E-state index contributed by atoms with van der Waals surface area (Å²) in [6.45, 7) is 0.483. The molecule has 0 heterocycles. The van der Waals surface area contributed by atoms with Gasteiger partial charge in [-0.3, -0.25) is 4.99 Å². The minimum Gasteiger partial charge on any atom is -0.397 e. The van der Waals surface area contributed by atoms with E-state index >= 15 is 0 Å². The highest BCUT2D eigenvalue weighted by Crippen LogP contribution is 2.39. The van der Waals surface area contributed by atoms with Gasteiger partial charge >= 0.3 is 0 Å². The maximum absolute atomic E-state index is 9.95. The Morgan fingerprint density at radius 3 is 1.61 bits per heavy atom. The Bertz CT molecular complexity index is 3760. The summed E-state index contributed by atoms with van der Waals surface area (Å²) in [5.41, 5.74) is 24.4. The molecule has 0 bridgehead atoms. The molecule has 0 atom stereocenters. The molecule has 0 aliphatic heterocycles. The van der Waals surface area contributed by atoms with E-state index in [1.807, 2.05) is 48.5 Å². The highest BCUT2D eigenvalue weighted by atomic mass is 15.0. The molecular formula is C65H48N5+.